The lowest BCUT2D eigenvalue weighted by Crippen LogP contribution is -2.30. The average molecular weight is 266 g/mol. The van der Waals surface area contributed by atoms with Crippen LogP contribution in [0.4, 0.5) is 5.95 Å². The van der Waals surface area contributed by atoms with Gasteiger partial charge in [0.2, 0.25) is 5.95 Å². The Morgan fingerprint density at radius 2 is 1.94 bits per heavy atom. The van der Waals surface area contributed by atoms with Crippen molar-refractivity contribution in [2.75, 3.05) is 11.4 Å². The molecule has 0 spiro atoms. The lowest BCUT2D eigenvalue weighted by Gasteiger charge is -2.28. The third-order valence-corrected chi connectivity index (χ3v) is 4.72. The molecule has 1 saturated heterocycles. The molecule has 3 rings (SSSR count). The third kappa shape index (κ3) is 2.09. The van der Waals surface area contributed by atoms with Crippen molar-refractivity contribution in [1.29, 1.82) is 0 Å². The van der Waals surface area contributed by atoms with Gasteiger partial charge in [0.05, 0.1) is 0 Å². The van der Waals surface area contributed by atoms with E-state index in [0.717, 1.165) is 17.3 Å². The van der Waals surface area contributed by atoms with Crippen molar-refractivity contribution in [2.45, 2.75) is 64.0 Å². The fraction of sp³-hybridized carbons (Fsp3) is 0.846. The molecule has 1 aromatic rings. The molecule has 1 aromatic heterocycles. The first-order valence-electron chi connectivity index (χ1n) is 7.21. The molecule has 2 heterocycles. The van der Waals surface area contributed by atoms with Crippen molar-refractivity contribution in [2.24, 2.45) is 0 Å². The summed E-state index contributed by atoms with van der Waals surface area (Å²) >= 11 is 5.45. The van der Waals surface area contributed by atoms with E-state index in [1.54, 1.807) is 0 Å². The van der Waals surface area contributed by atoms with E-state index >= 15 is 0 Å². The number of aromatic nitrogens is 3. The van der Waals surface area contributed by atoms with E-state index in [0.29, 0.717) is 12.1 Å². The number of anilines is 1. The Morgan fingerprint density at radius 1 is 1.17 bits per heavy atom. The number of H-pyrrole nitrogens is 1. The fourth-order valence-electron chi connectivity index (χ4n) is 3.40. The van der Waals surface area contributed by atoms with Gasteiger partial charge in [0.25, 0.3) is 0 Å². The lowest BCUT2D eigenvalue weighted by atomic mass is 9.95. The van der Waals surface area contributed by atoms with E-state index in [9.17, 15) is 0 Å². The van der Waals surface area contributed by atoms with Crippen LogP contribution < -0.4 is 4.90 Å². The number of hydrogen-bond acceptors (Lipinski definition) is 3. The lowest BCUT2D eigenvalue weighted by molar-refractivity contribution is 0.350. The maximum absolute atomic E-state index is 5.45. The van der Waals surface area contributed by atoms with Crippen LogP contribution in [0.3, 0.4) is 0 Å². The van der Waals surface area contributed by atoms with Crippen LogP contribution in [0.15, 0.2) is 0 Å². The zero-order chi connectivity index (χ0) is 12.5. The minimum absolute atomic E-state index is 0.563. The van der Waals surface area contributed by atoms with Crippen molar-refractivity contribution >= 4 is 18.2 Å². The monoisotopic (exact) mass is 266 g/mol. The predicted octanol–water partition coefficient (Wildman–Crippen LogP) is 3.43. The molecule has 0 amide bonds. The van der Waals surface area contributed by atoms with Gasteiger partial charge in [-0.3, -0.25) is 4.57 Å². The average Bonchev–Trinajstić information content (AvgIpc) is 2.96. The van der Waals surface area contributed by atoms with E-state index in [1.165, 1.54) is 44.9 Å². The second-order valence-electron chi connectivity index (χ2n) is 5.68. The zero-order valence-corrected chi connectivity index (χ0v) is 11.9. The summed E-state index contributed by atoms with van der Waals surface area (Å²) in [4.78, 5) is 2.42. The van der Waals surface area contributed by atoms with E-state index < -0.39 is 0 Å². The Labute approximate surface area is 113 Å². The van der Waals surface area contributed by atoms with Crippen LogP contribution >= 0.6 is 12.2 Å². The topological polar surface area (TPSA) is 36.9 Å². The first-order chi connectivity index (χ1) is 8.77. The molecular formula is C13H22N4S. The second-order valence-corrected chi connectivity index (χ2v) is 6.06. The first-order valence-corrected chi connectivity index (χ1v) is 7.62. The van der Waals surface area contributed by atoms with Crippen LogP contribution in [0, 0.1) is 4.77 Å². The van der Waals surface area contributed by atoms with Crippen LogP contribution in [0.25, 0.3) is 0 Å². The third-order valence-electron chi connectivity index (χ3n) is 4.44. The summed E-state index contributed by atoms with van der Waals surface area (Å²) < 4.78 is 3.09. The molecule has 100 valence electrons. The Morgan fingerprint density at radius 3 is 2.61 bits per heavy atom. The van der Waals surface area contributed by atoms with Crippen molar-refractivity contribution in [1.82, 2.24) is 14.8 Å². The molecule has 1 atom stereocenters. The smallest absolute Gasteiger partial charge is 0.226 e. The van der Waals surface area contributed by atoms with Gasteiger partial charge in [0.1, 0.15) is 0 Å². The summed E-state index contributed by atoms with van der Waals surface area (Å²) in [7, 11) is 0. The standard InChI is InChI=1S/C13H22N4S/c1-10-6-5-9-16(10)12-14-15-13(18)17(12)11-7-3-2-4-8-11/h10-11H,2-9H2,1H3,(H,15,18). The molecule has 1 aliphatic heterocycles. The summed E-state index contributed by atoms with van der Waals surface area (Å²) in [5.41, 5.74) is 0. The predicted molar refractivity (Wildman–Crippen MR) is 75.6 cm³/mol. The molecule has 2 fully saturated rings. The Hall–Kier alpha value is -0.840. The minimum Gasteiger partial charge on any atom is -0.338 e. The molecule has 0 radical (unpaired) electrons. The molecule has 0 aromatic carbocycles. The van der Waals surface area contributed by atoms with Gasteiger partial charge in [0.15, 0.2) is 4.77 Å². The van der Waals surface area contributed by atoms with Gasteiger partial charge in [-0.1, -0.05) is 19.3 Å². The van der Waals surface area contributed by atoms with Crippen molar-refractivity contribution in [3.63, 3.8) is 0 Å². The van der Waals surface area contributed by atoms with Crippen LogP contribution in [-0.2, 0) is 0 Å². The first kappa shape index (κ1) is 12.2. The highest BCUT2D eigenvalue weighted by Crippen LogP contribution is 2.33. The van der Waals surface area contributed by atoms with Gasteiger partial charge >= 0.3 is 0 Å². The zero-order valence-electron chi connectivity index (χ0n) is 11.1. The summed E-state index contributed by atoms with van der Waals surface area (Å²) in [6, 6.07) is 1.16. The molecule has 1 aliphatic carbocycles. The molecule has 1 unspecified atom stereocenters. The van der Waals surface area contributed by atoms with Gasteiger partial charge in [-0.15, -0.1) is 5.10 Å². The van der Waals surface area contributed by atoms with Gasteiger partial charge in [-0.2, -0.15) is 0 Å². The molecular weight excluding hydrogens is 244 g/mol. The number of nitrogens with one attached hydrogen (secondary N) is 1. The highest BCUT2D eigenvalue weighted by atomic mass is 32.1. The number of aromatic amines is 1. The van der Waals surface area contributed by atoms with Crippen LogP contribution in [0.1, 0.15) is 57.9 Å². The van der Waals surface area contributed by atoms with Crippen LogP contribution in [-0.4, -0.2) is 27.4 Å². The normalized spacial score (nSPS) is 25.8. The number of nitrogens with zero attached hydrogens (tertiary/aromatic N) is 3. The molecule has 18 heavy (non-hydrogen) atoms. The van der Waals surface area contributed by atoms with Crippen LogP contribution in [0.2, 0.25) is 0 Å². The van der Waals surface area contributed by atoms with E-state index in [4.69, 9.17) is 12.2 Å². The van der Waals surface area contributed by atoms with Crippen LogP contribution in [0.5, 0.6) is 0 Å². The highest BCUT2D eigenvalue weighted by Gasteiger charge is 2.28. The molecule has 1 N–H and O–H groups in total. The second kappa shape index (κ2) is 5.03. The van der Waals surface area contributed by atoms with Crippen molar-refractivity contribution in [3.05, 3.63) is 4.77 Å². The summed E-state index contributed by atoms with van der Waals surface area (Å²) in [5, 5.41) is 7.50. The summed E-state index contributed by atoms with van der Waals surface area (Å²) in [6.45, 7) is 3.41. The molecule has 4 nitrogen and oxygen atoms in total. The summed E-state index contributed by atoms with van der Waals surface area (Å²) in [5.74, 6) is 1.08. The minimum atomic E-state index is 0.563. The Kier molecular flexibility index (Phi) is 3.41. The van der Waals surface area contributed by atoms with Gasteiger partial charge in [-0.25, -0.2) is 5.10 Å². The molecule has 1 saturated carbocycles. The fourth-order valence-corrected chi connectivity index (χ4v) is 3.67. The van der Waals surface area contributed by atoms with Gasteiger partial charge in [0, 0.05) is 18.6 Å². The number of rotatable bonds is 2. The molecule has 5 heteroatoms. The Bertz CT molecular complexity index is 458. The maximum atomic E-state index is 5.45. The summed E-state index contributed by atoms with van der Waals surface area (Å²) in [6.07, 6.45) is 9.07. The molecule has 2 aliphatic rings. The van der Waals surface area contributed by atoms with E-state index in [2.05, 4.69) is 26.6 Å². The highest BCUT2D eigenvalue weighted by molar-refractivity contribution is 7.71. The van der Waals surface area contributed by atoms with Crippen molar-refractivity contribution < 1.29 is 0 Å². The van der Waals surface area contributed by atoms with E-state index in [-0.39, 0.29) is 0 Å². The molecule has 0 bridgehead atoms. The number of hydrogen-bond donors (Lipinski definition) is 1. The van der Waals surface area contributed by atoms with Gasteiger partial charge < -0.3 is 4.90 Å². The van der Waals surface area contributed by atoms with Crippen molar-refractivity contribution in [3.8, 4) is 0 Å². The largest absolute Gasteiger partial charge is 0.338 e. The maximum Gasteiger partial charge on any atom is 0.226 e. The van der Waals surface area contributed by atoms with E-state index in [1.807, 2.05) is 0 Å². The SMILES string of the molecule is CC1CCCN1c1n[nH]c(=S)n1C1CCCCC1. The van der Waals surface area contributed by atoms with Gasteiger partial charge in [-0.05, 0) is 44.8 Å². The quantitative estimate of drug-likeness (QED) is 0.833. The Balaban J connectivity index is 1.92.